The van der Waals surface area contributed by atoms with E-state index in [0.29, 0.717) is 6.42 Å². The summed E-state index contributed by atoms with van der Waals surface area (Å²) in [6, 6.07) is 9.49. The van der Waals surface area contributed by atoms with Crippen molar-refractivity contribution in [1.29, 1.82) is 0 Å². The van der Waals surface area contributed by atoms with Crippen LogP contribution in [0, 0.1) is 0 Å². The number of carbonyl (C=O) groups excluding carboxylic acids is 2. The Morgan fingerprint density at radius 2 is 2.11 bits per heavy atom. The minimum Gasteiger partial charge on any atom is -0.444 e. The van der Waals surface area contributed by atoms with Crippen LogP contribution in [0.1, 0.15) is 38.2 Å². The monoisotopic (exact) mass is 261 g/mol. The van der Waals surface area contributed by atoms with Crippen LogP contribution in [-0.2, 0) is 16.1 Å². The first-order chi connectivity index (χ1) is 9.22. The Kier molecular flexibility index (Phi) is 4.55. The molecule has 0 aromatic heterocycles. The molecule has 102 valence electrons. The maximum absolute atomic E-state index is 12.0. The molecule has 0 spiro atoms. The van der Waals surface area contributed by atoms with Gasteiger partial charge in [-0.05, 0) is 18.4 Å². The van der Waals surface area contributed by atoms with Crippen molar-refractivity contribution in [2.45, 2.75) is 45.3 Å². The Hall–Kier alpha value is -1.84. The summed E-state index contributed by atoms with van der Waals surface area (Å²) in [6.07, 6.45) is 2.51. The van der Waals surface area contributed by atoms with Gasteiger partial charge in [0.15, 0.2) is 0 Å². The Morgan fingerprint density at radius 1 is 1.37 bits per heavy atom. The van der Waals surface area contributed by atoms with Crippen LogP contribution >= 0.6 is 0 Å². The molecule has 1 aliphatic heterocycles. The van der Waals surface area contributed by atoms with Gasteiger partial charge < -0.3 is 4.74 Å². The smallest absolute Gasteiger partial charge is 0.417 e. The topological polar surface area (TPSA) is 46.6 Å². The van der Waals surface area contributed by atoms with Crippen molar-refractivity contribution in [2.75, 3.05) is 0 Å². The van der Waals surface area contributed by atoms with E-state index in [2.05, 4.69) is 6.92 Å². The van der Waals surface area contributed by atoms with Gasteiger partial charge in [0.1, 0.15) is 6.61 Å². The summed E-state index contributed by atoms with van der Waals surface area (Å²) in [6.45, 7) is 2.26. The van der Waals surface area contributed by atoms with E-state index in [1.54, 1.807) is 0 Å². The van der Waals surface area contributed by atoms with Gasteiger partial charge in [-0.3, -0.25) is 4.79 Å². The van der Waals surface area contributed by atoms with E-state index in [1.807, 2.05) is 30.3 Å². The van der Waals surface area contributed by atoms with Crippen LogP contribution in [0.15, 0.2) is 30.3 Å². The molecule has 1 heterocycles. The van der Waals surface area contributed by atoms with E-state index in [0.717, 1.165) is 24.8 Å². The number of rotatable bonds is 4. The van der Waals surface area contributed by atoms with Gasteiger partial charge in [0.2, 0.25) is 5.91 Å². The molecule has 1 saturated heterocycles. The average molecular weight is 261 g/mol. The number of ether oxygens (including phenoxy) is 1. The molecule has 4 nitrogen and oxygen atoms in total. The fourth-order valence-electron chi connectivity index (χ4n) is 2.39. The van der Waals surface area contributed by atoms with Gasteiger partial charge in [-0.2, -0.15) is 0 Å². The van der Waals surface area contributed by atoms with E-state index in [4.69, 9.17) is 4.74 Å². The van der Waals surface area contributed by atoms with Crippen molar-refractivity contribution in [3.8, 4) is 0 Å². The normalized spacial score (nSPS) is 18.7. The summed E-state index contributed by atoms with van der Waals surface area (Å²) in [7, 11) is 0. The second kappa shape index (κ2) is 6.36. The molecule has 1 fully saturated rings. The lowest BCUT2D eigenvalue weighted by molar-refractivity contribution is -0.127. The second-order valence-electron chi connectivity index (χ2n) is 4.79. The largest absolute Gasteiger partial charge is 0.444 e. The van der Waals surface area contributed by atoms with Gasteiger partial charge in [0, 0.05) is 12.5 Å². The number of benzene rings is 1. The number of likely N-dealkylation sites (tertiary alicyclic amines) is 1. The highest BCUT2D eigenvalue weighted by Gasteiger charge is 2.36. The fraction of sp³-hybridized carbons (Fsp3) is 0.467. The zero-order valence-electron chi connectivity index (χ0n) is 11.2. The Labute approximate surface area is 113 Å². The highest BCUT2D eigenvalue weighted by molar-refractivity contribution is 5.94. The lowest BCUT2D eigenvalue weighted by Gasteiger charge is -2.21. The van der Waals surface area contributed by atoms with E-state index >= 15 is 0 Å². The predicted molar refractivity (Wildman–Crippen MR) is 71.4 cm³/mol. The molecule has 0 saturated carbocycles. The third-order valence-corrected chi connectivity index (χ3v) is 3.35. The van der Waals surface area contributed by atoms with Gasteiger partial charge in [0.05, 0.1) is 0 Å². The van der Waals surface area contributed by atoms with Crippen LogP contribution in [0.5, 0.6) is 0 Å². The van der Waals surface area contributed by atoms with Gasteiger partial charge >= 0.3 is 6.09 Å². The maximum atomic E-state index is 12.0. The van der Waals surface area contributed by atoms with Gasteiger partial charge in [0.25, 0.3) is 0 Å². The molecular formula is C15H19NO3. The molecule has 1 aromatic rings. The maximum Gasteiger partial charge on any atom is 0.417 e. The first-order valence-electron chi connectivity index (χ1n) is 6.75. The summed E-state index contributed by atoms with van der Waals surface area (Å²) >= 11 is 0. The third-order valence-electron chi connectivity index (χ3n) is 3.35. The van der Waals surface area contributed by atoms with E-state index < -0.39 is 6.09 Å². The molecule has 4 heteroatoms. The molecule has 1 atom stereocenters. The molecule has 1 aliphatic rings. The third kappa shape index (κ3) is 3.34. The summed E-state index contributed by atoms with van der Waals surface area (Å²) in [5.41, 5.74) is 0.925. The number of nitrogens with zero attached hydrogens (tertiary/aromatic N) is 1. The van der Waals surface area contributed by atoms with E-state index in [-0.39, 0.29) is 18.6 Å². The van der Waals surface area contributed by atoms with E-state index in [1.165, 1.54) is 4.90 Å². The highest BCUT2D eigenvalue weighted by atomic mass is 16.6. The number of hydrogen-bond acceptors (Lipinski definition) is 3. The number of imide groups is 1. The molecule has 1 aromatic carbocycles. The molecule has 0 bridgehead atoms. The SMILES string of the molecule is CCCC1CCC(=O)N1C(=O)OCc1ccccc1. The van der Waals surface area contributed by atoms with Crippen LogP contribution in [0.25, 0.3) is 0 Å². The minimum absolute atomic E-state index is 0.0146. The lowest BCUT2D eigenvalue weighted by Crippen LogP contribution is -2.38. The van der Waals surface area contributed by atoms with Crippen molar-refractivity contribution in [1.82, 2.24) is 4.90 Å². The molecule has 19 heavy (non-hydrogen) atoms. The molecule has 0 N–H and O–H groups in total. The quantitative estimate of drug-likeness (QED) is 0.836. The second-order valence-corrected chi connectivity index (χ2v) is 4.79. The number of carbonyl (C=O) groups is 2. The summed E-state index contributed by atoms with van der Waals surface area (Å²) < 4.78 is 5.23. The van der Waals surface area contributed by atoms with Crippen molar-refractivity contribution in [3.05, 3.63) is 35.9 Å². The van der Waals surface area contributed by atoms with Gasteiger partial charge in [-0.15, -0.1) is 0 Å². The molecule has 0 aliphatic carbocycles. The zero-order valence-corrected chi connectivity index (χ0v) is 11.2. The summed E-state index contributed by atoms with van der Waals surface area (Å²) in [5, 5.41) is 0. The Bertz CT molecular complexity index is 444. The predicted octanol–water partition coefficient (Wildman–Crippen LogP) is 3.11. The Balaban J connectivity index is 1.93. The number of hydrogen-bond donors (Lipinski definition) is 0. The van der Waals surface area contributed by atoms with Crippen LogP contribution in [-0.4, -0.2) is 22.9 Å². The first-order valence-corrected chi connectivity index (χ1v) is 6.75. The zero-order chi connectivity index (χ0) is 13.7. The van der Waals surface area contributed by atoms with Crippen molar-refractivity contribution >= 4 is 12.0 Å². The van der Waals surface area contributed by atoms with Crippen molar-refractivity contribution in [2.24, 2.45) is 0 Å². The van der Waals surface area contributed by atoms with Crippen molar-refractivity contribution in [3.63, 3.8) is 0 Å². The molecule has 0 radical (unpaired) electrons. The lowest BCUT2D eigenvalue weighted by atomic mass is 10.1. The highest BCUT2D eigenvalue weighted by Crippen LogP contribution is 2.23. The standard InChI is InChI=1S/C15H19NO3/c1-2-6-13-9-10-14(17)16(13)15(18)19-11-12-7-4-3-5-8-12/h3-5,7-8,13H,2,6,9-11H2,1H3. The van der Waals surface area contributed by atoms with Crippen LogP contribution in [0.3, 0.4) is 0 Å². The molecule has 1 unspecified atom stereocenters. The summed E-state index contributed by atoms with van der Waals surface area (Å²) in [4.78, 5) is 25.0. The van der Waals surface area contributed by atoms with Crippen LogP contribution < -0.4 is 0 Å². The van der Waals surface area contributed by atoms with Gasteiger partial charge in [-0.25, -0.2) is 9.69 Å². The Morgan fingerprint density at radius 3 is 2.79 bits per heavy atom. The van der Waals surface area contributed by atoms with Crippen LogP contribution in [0.2, 0.25) is 0 Å². The first kappa shape index (κ1) is 13.6. The molecule has 2 rings (SSSR count). The average Bonchev–Trinajstić information content (AvgIpc) is 2.79. The molecular weight excluding hydrogens is 242 g/mol. The van der Waals surface area contributed by atoms with Crippen molar-refractivity contribution < 1.29 is 14.3 Å². The fourth-order valence-corrected chi connectivity index (χ4v) is 2.39. The summed E-state index contributed by atoms with van der Waals surface area (Å²) in [5.74, 6) is -0.114. The van der Waals surface area contributed by atoms with E-state index in [9.17, 15) is 9.59 Å². The molecule has 2 amide bonds. The van der Waals surface area contributed by atoms with Gasteiger partial charge in [-0.1, -0.05) is 43.7 Å². The minimum atomic E-state index is -0.509. The number of amides is 2. The van der Waals surface area contributed by atoms with Crippen LogP contribution in [0.4, 0.5) is 4.79 Å².